The van der Waals surface area contributed by atoms with Gasteiger partial charge in [0.25, 0.3) is 0 Å². The average molecular weight is 344 g/mol. The highest BCUT2D eigenvalue weighted by Crippen LogP contribution is 2.20. The summed E-state index contributed by atoms with van der Waals surface area (Å²) in [5.74, 6) is -0.148. The topological polar surface area (TPSA) is 86.1 Å². The van der Waals surface area contributed by atoms with Crippen molar-refractivity contribution in [3.63, 3.8) is 0 Å². The summed E-state index contributed by atoms with van der Waals surface area (Å²) in [4.78, 5) is 24.1. The normalized spacial score (nSPS) is 13.3. The van der Waals surface area contributed by atoms with Gasteiger partial charge in [-0.2, -0.15) is 4.68 Å². The standard InChI is InChI=1S/C18H24N4O3/c1-12(2)16(15-11-22(21-20-15)18(24)25-4)19-17(23)13(3)10-14-8-6-5-7-9-14/h5-9,11-13,16H,10H2,1-4H3,(H,19,23)/t13-,16+/m0/s1. The van der Waals surface area contributed by atoms with Gasteiger partial charge in [0.15, 0.2) is 0 Å². The second kappa shape index (κ2) is 8.41. The molecule has 7 nitrogen and oxygen atoms in total. The fraction of sp³-hybridized carbons (Fsp3) is 0.444. The highest BCUT2D eigenvalue weighted by Gasteiger charge is 2.25. The van der Waals surface area contributed by atoms with E-state index in [2.05, 4.69) is 20.4 Å². The molecular formula is C18H24N4O3. The molecule has 1 N–H and O–H groups in total. The second-order valence-electron chi connectivity index (χ2n) is 6.38. The first-order valence-electron chi connectivity index (χ1n) is 8.27. The molecular weight excluding hydrogens is 320 g/mol. The maximum atomic E-state index is 12.6. The van der Waals surface area contributed by atoms with Crippen molar-refractivity contribution in [1.82, 2.24) is 20.3 Å². The van der Waals surface area contributed by atoms with E-state index in [0.717, 1.165) is 10.2 Å². The van der Waals surface area contributed by atoms with Crippen LogP contribution < -0.4 is 5.32 Å². The Morgan fingerprint density at radius 1 is 1.20 bits per heavy atom. The van der Waals surface area contributed by atoms with Crippen LogP contribution in [-0.2, 0) is 16.0 Å². The SMILES string of the molecule is COC(=O)n1cc([C@H](NC(=O)[C@@H](C)Cc2ccccc2)C(C)C)nn1. The van der Waals surface area contributed by atoms with Crippen molar-refractivity contribution < 1.29 is 14.3 Å². The van der Waals surface area contributed by atoms with Gasteiger partial charge in [0, 0.05) is 5.92 Å². The zero-order valence-electron chi connectivity index (χ0n) is 15.0. The zero-order chi connectivity index (χ0) is 18.4. The van der Waals surface area contributed by atoms with Crippen molar-refractivity contribution in [2.24, 2.45) is 11.8 Å². The Bertz CT molecular complexity index is 712. The molecule has 1 amide bonds. The Morgan fingerprint density at radius 2 is 1.88 bits per heavy atom. The number of nitrogens with zero attached hydrogens (tertiary/aromatic N) is 3. The number of ether oxygens (including phenoxy) is 1. The van der Waals surface area contributed by atoms with E-state index < -0.39 is 6.09 Å². The number of nitrogens with one attached hydrogen (secondary N) is 1. The van der Waals surface area contributed by atoms with Gasteiger partial charge in [-0.25, -0.2) is 4.79 Å². The highest BCUT2D eigenvalue weighted by atomic mass is 16.5. The van der Waals surface area contributed by atoms with Gasteiger partial charge >= 0.3 is 6.09 Å². The Labute approximate surface area is 147 Å². The first kappa shape index (κ1) is 18.6. The quantitative estimate of drug-likeness (QED) is 0.870. The first-order chi connectivity index (χ1) is 11.9. The predicted octanol–water partition coefficient (Wildman–Crippen LogP) is 2.58. The Morgan fingerprint density at radius 3 is 2.48 bits per heavy atom. The van der Waals surface area contributed by atoms with Crippen molar-refractivity contribution >= 4 is 12.0 Å². The van der Waals surface area contributed by atoms with Crippen LogP contribution in [0.25, 0.3) is 0 Å². The molecule has 7 heteroatoms. The highest BCUT2D eigenvalue weighted by molar-refractivity contribution is 5.79. The lowest BCUT2D eigenvalue weighted by molar-refractivity contribution is -0.125. The summed E-state index contributed by atoms with van der Waals surface area (Å²) in [6.45, 7) is 5.85. The Hall–Kier alpha value is -2.70. The van der Waals surface area contributed by atoms with E-state index in [9.17, 15) is 9.59 Å². The van der Waals surface area contributed by atoms with Crippen molar-refractivity contribution in [1.29, 1.82) is 0 Å². The second-order valence-corrected chi connectivity index (χ2v) is 6.38. The van der Waals surface area contributed by atoms with Crippen LogP contribution in [0.5, 0.6) is 0 Å². The van der Waals surface area contributed by atoms with Crippen LogP contribution >= 0.6 is 0 Å². The molecule has 1 aromatic heterocycles. The van der Waals surface area contributed by atoms with E-state index in [1.165, 1.54) is 13.3 Å². The maximum Gasteiger partial charge on any atom is 0.435 e. The van der Waals surface area contributed by atoms with Crippen LogP contribution in [0, 0.1) is 11.8 Å². The van der Waals surface area contributed by atoms with Crippen LogP contribution in [0.1, 0.15) is 38.1 Å². The predicted molar refractivity (Wildman–Crippen MR) is 92.9 cm³/mol. The number of aromatic nitrogens is 3. The summed E-state index contributed by atoms with van der Waals surface area (Å²) in [6, 6.07) is 9.55. The molecule has 25 heavy (non-hydrogen) atoms. The van der Waals surface area contributed by atoms with Crippen molar-refractivity contribution in [2.45, 2.75) is 33.2 Å². The Kier molecular flexibility index (Phi) is 6.27. The van der Waals surface area contributed by atoms with Gasteiger partial charge in [0.2, 0.25) is 5.91 Å². The van der Waals surface area contributed by atoms with Crippen molar-refractivity contribution in [3.05, 3.63) is 47.8 Å². The fourth-order valence-electron chi connectivity index (χ4n) is 2.54. The number of carbonyl (C=O) groups is 2. The summed E-state index contributed by atoms with van der Waals surface area (Å²) in [5.41, 5.74) is 1.64. The molecule has 0 radical (unpaired) electrons. The minimum Gasteiger partial charge on any atom is -0.451 e. The molecule has 0 aliphatic rings. The van der Waals surface area contributed by atoms with Gasteiger partial charge in [-0.05, 0) is 17.9 Å². The molecule has 0 bridgehead atoms. The average Bonchev–Trinajstić information content (AvgIpc) is 3.08. The molecule has 1 aromatic carbocycles. The third-order valence-electron chi connectivity index (χ3n) is 3.99. The molecule has 0 unspecified atom stereocenters. The van der Waals surface area contributed by atoms with Gasteiger partial charge in [0.05, 0.1) is 19.3 Å². The molecule has 1 heterocycles. The molecule has 0 spiro atoms. The van der Waals surface area contributed by atoms with E-state index in [4.69, 9.17) is 0 Å². The number of amides is 1. The molecule has 0 fully saturated rings. The van der Waals surface area contributed by atoms with Crippen LogP contribution in [0.2, 0.25) is 0 Å². The molecule has 2 rings (SSSR count). The number of carbonyl (C=O) groups excluding carboxylic acids is 2. The maximum absolute atomic E-state index is 12.6. The third kappa shape index (κ3) is 4.89. The van der Waals surface area contributed by atoms with E-state index in [1.807, 2.05) is 51.1 Å². The lowest BCUT2D eigenvalue weighted by atomic mass is 9.97. The Balaban J connectivity index is 2.06. The first-order valence-corrected chi connectivity index (χ1v) is 8.27. The smallest absolute Gasteiger partial charge is 0.435 e. The summed E-state index contributed by atoms with van der Waals surface area (Å²) in [7, 11) is 1.27. The van der Waals surface area contributed by atoms with Crippen molar-refractivity contribution in [2.75, 3.05) is 7.11 Å². The molecule has 134 valence electrons. The minimum atomic E-state index is -0.620. The minimum absolute atomic E-state index is 0.0600. The molecule has 0 aliphatic heterocycles. The van der Waals surface area contributed by atoms with Crippen LogP contribution in [0.15, 0.2) is 36.5 Å². The number of hydrogen-bond acceptors (Lipinski definition) is 5. The number of rotatable bonds is 6. The van der Waals surface area contributed by atoms with Gasteiger partial charge in [0.1, 0.15) is 5.69 Å². The molecule has 0 saturated carbocycles. The van der Waals surface area contributed by atoms with Gasteiger partial charge in [-0.1, -0.05) is 56.3 Å². The monoisotopic (exact) mass is 344 g/mol. The molecule has 0 aliphatic carbocycles. The summed E-state index contributed by atoms with van der Waals surface area (Å²) in [5, 5.41) is 10.8. The van der Waals surface area contributed by atoms with Gasteiger partial charge in [-0.15, -0.1) is 5.10 Å². The number of methoxy groups -OCH3 is 1. The number of hydrogen-bond donors (Lipinski definition) is 1. The largest absolute Gasteiger partial charge is 0.451 e. The molecule has 0 saturated heterocycles. The lowest BCUT2D eigenvalue weighted by Gasteiger charge is -2.22. The summed E-state index contributed by atoms with van der Waals surface area (Å²) >= 11 is 0. The van der Waals surface area contributed by atoms with Crippen LogP contribution in [0.3, 0.4) is 0 Å². The molecule has 2 aromatic rings. The van der Waals surface area contributed by atoms with Crippen LogP contribution in [0.4, 0.5) is 4.79 Å². The fourth-order valence-corrected chi connectivity index (χ4v) is 2.54. The summed E-state index contributed by atoms with van der Waals surface area (Å²) < 4.78 is 5.63. The third-order valence-corrected chi connectivity index (χ3v) is 3.99. The van der Waals surface area contributed by atoms with E-state index in [1.54, 1.807) is 0 Å². The van der Waals surface area contributed by atoms with E-state index in [0.29, 0.717) is 12.1 Å². The van der Waals surface area contributed by atoms with E-state index in [-0.39, 0.29) is 23.8 Å². The molecule has 2 atom stereocenters. The summed E-state index contributed by atoms with van der Waals surface area (Å²) in [6.07, 6.45) is 1.52. The van der Waals surface area contributed by atoms with Gasteiger partial charge in [-0.3, -0.25) is 4.79 Å². The zero-order valence-corrected chi connectivity index (χ0v) is 15.0. The van der Waals surface area contributed by atoms with Crippen LogP contribution in [-0.4, -0.2) is 34.1 Å². The van der Waals surface area contributed by atoms with E-state index >= 15 is 0 Å². The van der Waals surface area contributed by atoms with Gasteiger partial charge < -0.3 is 10.1 Å². The van der Waals surface area contributed by atoms with Crippen molar-refractivity contribution in [3.8, 4) is 0 Å². The lowest BCUT2D eigenvalue weighted by Crippen LogP contribution is -2.36. The number of benzene rings is 1.